The zero-order valence-electron chi connectivity index (χ0n) is 20.1. The molecule has 6 aliphatic rings. The Hall–Kier alpha value is -2.64. The van der Waals surface area contributed by atoms with E-state index in [0.29, 0.717) is 17.8 Å². The molecule has 4 nitrogen and oxygen atoms in total. The van der Waals surface area contributed by atoms with E-state index in [1.165, 1.54) is 19.3 Å². The second-order valence-electron chi connectivity index (χ2n) is 11.9. The van der Waals surface area contributed by atoms with E-state index in [9.17, 15) is 15.3 Å². The van der Waals surface area contributed by atoms with E-state index in [1.54, 1.807) is 0 Å². The van der Waals surface area contributed by atoms with Crippen molar-refractivity contribution >= 4 is 34.5 Å². The Morgan fingerprint density at radius 1 is 0.889 bits per heavy atom. The van der Waals surface area contributed by atoms with Crippen LogP contribution in [0, 0.1) is 54.8 Å². The molecule has 5 fully saturated rings. The smallest absolute Gasteiger partial charge is 0.177 e. The van der Waals surface area contributed by atoms with E-state index >= 15 is 0 Å². The molecule has 2 aromatic carbocycles. The molecule has 1 saturated heterocycles. The lowest BCUT2D eigenvalue weighted by atomic mass is 9.47. The number of rotatable bonds is 3. The monoisotopic (exact) mass is 585 g/mol. The van der Waals surface area contributed by atoms with Gasteiger partial charge in [0.25, 0.3) is 0 Å². The standard InChI is InChI=1S/C31H28IN3O/c32-25-8-4-3-7-24(25)26-27(29(36)30-14-19-11-20(15-30)13-21(12-19)16-30)35-10-9-22-5-1-2-6-23(22)28(35)31(26,17-33)18-34/h1-10,19-21,26-28H,11-16H2/t19?,20?,21?,26-,27-,28-,30?/m1/s1. The molecular weight excluding hydrogens is 557 g/mol. The van der Waals surface area contributed by atoms with Gasteiger partial charge in [0, 0.05) is 21.1 Å². The summed E-state index contributed by atoms with van der Waals surface area (Å²) in [5, 5.41) is 21.6. The second-order valence-corrected chi connectivity index (χ2v) is 13.1. The van der Waals surface area contributed by atoms with E-state index in [4.69, 9.17) is 0 Å². The zero-order valence-corrected chi connectivity index (χ0v) is 22.3. The minimum absolute atomic E-state index is 0.285. The number of hydrogen-bond acceptors (Lipinski definition) is 4. The van der Waals surface area contributed by atoms with E-state index in [2.05, 4.69) is 45.7 Å². The lowest BCUT2D eigenvalue weighted by Crippen LogP contribution is -2.55. The third-order valence-corrected chi connectivity index (χ3v) is 11.0. The number of halogens is 1. The van der Waals surface area contributed by atoms with Crippen LogP contribution in [0.5, 0.6) is 0 Å². The number of fused-ring (bicyclic) bond motifs is 3. The van der Waals surface area contributed by atoms with Crippen LogP contribution in [0.1, 0.15) is 67.2 Å². The summed E-state index contributed by atoms with van der Waals surface area (Å²) in [5.74, 6) is 1.74. The molecule has 5 heteroatoms. The van der Waals surface area contributed by atoms with Gasteiger partial charge in [-0.2, -0.15) is 10.5 Å². The summed E-state index contributed by atoms with van der Waals surface area (Å²) in [4.78, 5) is 17.1. The van der Waals surface area contributed by atoms with Gasteiger partial charge in [-0.1, -0.05) is 42.5 Å². The highest BCUT2D eigenvalue weighted by Gasteiger charge is 2.67. The topological polar surface area (TPSA) is 67.9 Å². The third-order valence-electron chi connectivity index (χ3n) is 10.0. The normalized spacial score (nSPS) is 36.6. The predicted molar refractivity (Wildman–Crippen MR) is 145 cm³/mol. The number of nitrogens with zero attached hydrogens (tertiary/aromatic N) is 3. The number of benzene rings is 2. The summed E-state index contributed by atoms with van der Waals surface area (Å²) >= 11 is 2.31. The molecule has 0 spiro atoms. The van der Waals surface area contributed by atoms with Gasteiger partial charge in [-0.25, -0.2) is 0 Å². The van der Waals surface area contributed by atoms with Crippen molar-refractivity contribution in [2.75, 3.05) is 0 Å². The van der Waals surface area contributed by atoms with Crippen molar-refractivity contribution in [1.29, 1.82) is 10.5 Å². The average molecular weight is 585 g/mol. The van der Waals surface area contributed by atoms with Crippen molar-refractivity contribution in [1.82, 2.24) is 4.90 Å². The Morgan fingerprint density at radius 2 is 1.47 bits per heavy atom. The Labute approximate surface area is 226 Å². The highest BCUT2D eigenvalue weighted by atomic mass is 127. The van der Waals surface area contributed by atoms with Crippen LogP contribution in [0.4, 0.5) is 0 Å². The van der Waals surface area contributed by atoms with Crippen molar-refractivity contribution in [2.45, 2.75) is 56.5 Å². The molecule has 3 atom stereocenters. The van der Waals surface area contributed by atoms with E-state index in [1.807, 2.05) is 54.7 Å². The molecule has 2 aliphatic heterocycles. The summed E-state index contributed by atoms with van der Waals surface area (Å²) < 4.78 is 1.01. The van der Waals surface area contributed by atoms with Gasteiger partial charge in [0.1, 0.15) is 0 Å². The Morgan fingerprint density at radius 3 is 2.08 bits per heavy atom. The van der Waals surface area contributed by atoms with Gasteiger partial charge >= 0.3 is 0 Å². The molecule has 0 radical (unpaired) electrons. The van der Waals surface area contributed by atoms with Crippen LogP contribution < -0.4 is 0 Å². The lowest BCUT2D eigenvalue weighted by molar-refractivity contribution is -0.148. The lowest BCUT2D eigenvalue weighted by Gasteiger charge is -2.57. The summed E-state index contributed by atoms with van der Waals surface area (Å²) in [6.45, 7) is 0. The van der Waals surface area contributed by atoms with Crippen LogP contribution in [0.25, 0.3) is 6.08 Å². The second kappa shape index (κ2) is 7.93. The Bertz CT molecular complexity index is 1330. The van der Waals surface area contributed by atoms with Crippen LogP contribution in [0.2, 0.25) is 0 Å². The molecule has 0 aromatic heterocycles. The van der Waals surface area contributed by atoms with Gasteiger partial charge in [-0.15, -0.1) is 0 Å². The molecule has 4 saturated carbocycles. The Balaban J connectivity index is 1.44. The maximum Gasteiger partial charge on any atom is 0.177 e. The number of carbonyl (C=O) groups excluding carboxylic acids is 1. The Kier molecular flexibility index (Phi) is 4.97. The molecule has 8 rings (SSSR count). The number of Topliss-reactive ketones (excluding diaryl/α,β-unsaturated/α-hetero) is 1. The molecule has 0 amide bonds. The predicted octanol–water partition coefficient (Wildman–Crippen LogP) is 6.60. The fourth-order valence-corrected chi connectivity index (χ4v) is 9.81. The van der Waals surface area contributed by atoms with Crippen LogP contribution in [0.3, 0.4) is 0 Å². The number of nitriles is 2. The summed E-state index contributed by atoms with van der Waals surface area (Å²) in [5.41, 5.74) is 1.27. The average Bonchev–Trinajstić information content (AvgIpc) is 3.18. The fraction of sp³-hybridized carbons (Fsp3) is 0.452. The minimum Gasteiger partial charge on any atom is -0.357 e. The van der Waals surface area contributed by atoms with Crippen LogP contribution >= 0.6 is 22.6 Å². The highest BCUT2D eigenvalue weighted by molar-refractivity contribution is 14.1. The molecule has 2 heterocycles. The van der Waals surface area contributed by atoms with Crippen molar-refractivity contribution in [3.8, 4) is 12.1 Å². The van der Waals surface area contributed by atoms with E-state index in [-0.39, 0.29) is 11.2 Å². The summed E-state index contributed by atoms with van der Waals surface area (Å²) in [6, 6.07) is 20.1. The molecule has 0 unspecified atom stereocenters. The minimum atomic E-state index is -1.37. The van der Waals surface area contributed by atoms with Crippen molar-refractivity contribution in [3.63, 3.8) is 0 Å². The molecule has 180 valence electrons. The van der Waals surface area contributed by atoms with Gasteiger partial charge < -0.3 is 4.90 Å². The largest absolute Gasteiger partial charge is 0.357 e. The molecule has 36 heavy (non-hydrogen) atoms. The maximum atomic E-state index is 15.0. The van der Waals surface area contributed by atoms with E-state index in [0.717, 1.165) is 39.5 Å². The highest BCUT2D eigenvalue weighted by Crippen LogP contribution is 2.65. The quantitative estimate of drug-likeness (QED) is 0.381. The first-order valence-electron chi connectivity index (χ1n) is 13.2. The molecule has 2 aromatic rings. The zero-order chi connectivity index (χ0) is 24.7. The number of carbonyl (C=O) groups is 1. The van der Waals surface area contributed by atoms with Gasteiger partial charge in [0.05, 0.1) is 24.2 Å². The van der Waals surface area contributed by atoms with Gasteiger partial charge in [0.2, 0.25) is 0 Å². The maximum absolute atomic E-state index is 15.0. The third kappa shape index (κ3) is 2.93. The van der Waals surface area contributed by atoms with Crippen molar-refractivity contribution in [2.24, 2.45) is 28.6 Å². The van der Waals surface area contributed by atoms with Crippen LogP contribution in [0.15, 0.2) is 54.7 Å². The first-order valence-corrected chi connectivity index (χ1v) is 14.2. The first-order chi connectivity index (χ1) is 17.5. The molecule has 4 aliphatic carbocycles. The van der Waals surface area contributed by atoms with E-state index < -0.39 is 23.4 Å². The van der Waals surface area contributed by atoms with Crippen LogP contribution in [-0.4, -0.2) is 16.7 Å². The van der Waals surface area contributed by atoms with Crippen LogP contribution in [-0.2, 0) is 4.79 Å². The molecular formula is C31H28IN3O. The summed E-state index contributed by atoms with van der Waals surface area (Å²) in [6.07, 6.45) is 10.8. The van der Waals surface area contributed by atoms with Gasteiger partial charge in [-0.05, 0) is 108 Å². The number of ketones is 1. The van der Waals surface area contributed by atoms with Gasteiger partial charge in [-0.3, -0.25) is 4.79 Å². The van der Waals surface area contributed by atoms with Gasteiger partial charge in [0.15, 0.2) is 11.2 Å². The fourth-order valence-electron chi connectivity index (χ4n) is 9.09. The summed E-state index contributed by atoms with van der Waals surface area (Å²) in [7, 11) is 0. The van der Waals surface area contributed by atoms with Crippen molar-refractivity contribution in [3.05, 3.63) is 75.0 Å². The first kappa shape index (κ1) is 22.5. The molecule has 0 N–H and O–H groups in total. The van der Waals surface area contributed by atoms with Crippen molar-refractivity contribution < 1.29 is 4.79 Å². The number of hydrogen-bond donors (Lipinski definition) is 0. The SMILES string of the molecule is N#CC1(C#N)[C@H](c2ccccc2I)[C@H](C(=O)C23CC4CC(CC(C4)C2)C3)N2C=Cc3ccccc3[C@@H]21. The molecule has 4 bridgehead atoms.